The van der Waals surface area contributed by atoms with Crippen LogP contribution in [0, 0.1) is 6.92 Å². The second-order valence-corrected chi connectivity index (χ2v) is 7.91. The number of H-pyrrole nitrogens is 1. The SMILES string of the molecule is Cc1cccc2[nH]cc(CCNC(=NCC(=O)N(C)C)NCc3cccs3)c12.I. The molecule has 0 aliphatic carbocycles. The second-order valence-electron chi connectivity index (χ2n) is 6.87. The molecule has 0 aliphatic rings. The van der Waals surface area contributed by atoms with Crippen LogP contribution in [0.25, 0.3) is 10.9 Å². The highest BCUT2D eigenvalue weighted by Gasteiger charge is 2.08. The molecule has 8 heteroatoms. The zero-order valence-electron chi connectivity index (χ0n) is 17.0. The summed E-state index contributed by atoms with van der Waals surface area (Å²) in [5, 5.41) is 10.0. The van der Waals surface area contributed by atoms with Gasteiger partial charge in [0.05, 0.1) is 6.54 Å². The number of hydrogen-bond donors (Lipinski definition) is 3. The number of halogens is 1. The van der Waals surface area contributed by atoms with E-state index in [0.717, 1.165) is 18.5 Å². The Hall–Kier alpha value is -2.07. The smallest absolute Gasteiger partial charge is 0.243 e. The van der Waals surface area contributed by atoms with E-state index >= 15 is 0 Å². The quantitative estimate of drug-likeness (QED) is 0.251. The molecule has 3 rings (SSSR count). The summed E-state index contributed by atoms with van der Waals surface area (Å²) in [5.74, 6) is 0.629. The minimum absolute atomic E-state index is 0. The molecule has 1 amide bonds. The number of thiophene rings is 1. The summed E-state index contributed by atoms with van der Waals surface area (Å²) >= 11 is 1.69. The van der Waals surface area contributed by atoms with Gasteiger partial charge in [-0.25, -0.2) is 4.99 Å². The van der Waals surface area contributed by atoms with Crippen LogP contribution in [0.3, 0.4) is 0 Å². The zero-order valence-corrected chi connectivity index (χ0v) is 20.1. The summed E-state index contributed by atoms with van der Waals surface area (Å²) in [6.45, 7) is 3.67. The number of aromatic amines is 1. The molecule has 2 heterocycles. The van der Waals surface area contributed by atoms with E-state index in [1.807, 2.05) is 6.07 Å². The van der Waals surface area contributed by atoms with E-state index in [-0.39, 0.29) is 36.4 Å². The van der Waals surface area contributed by atoms with Crippen LogP contribution in [0.4, 0.5) is 0 Å². The number of benzene rings is 1. The Morgan fingerprint density at radius 1 is 1.21 bits per heavy atom. The van der Waals surface area contributed by atoms with Crippen molar-refractivity contribution in [3.63, 3.8) is 0 Å². The maximum absolute atomic E-state index is 11.9. The first kappa shape index (κ1) is 23.2. The number of nitrogens with zero attached hydrogens (tertiary/aromatic N) is 2. The molecule has 0 saturated heterocycles. The topological polar surface area (TPSA) is 72.5 Å². The average Bonchev–Trinajstić information content (AvgIpc) is 3.33. The van der Waals surface area contributed by atoms with Crippen molar-refractivity contribution in [1.82, 2.24) is 20.5 Å². The molecular weight excluding hydrogens is 497 g/mol. The van der Waals surface area contributed by atoms with Crippen LogP contribution >= 0.6 is 35.3 Å². The Kier molecular flexibility index (Phi) is 8.97. The summed E-state index contributed by atoms with van der Waals surface area (Å²) in [5.41, 5.74) is 3.72. The number of carbonyl (C=O) groups is 1. The number of guanidine groups is 1. The number of aryl methyl sites for hydroxylation is 1. The van der Waals surface area contributed by atoms with Crippen LogP contribution in [0.15, 0.2) is 46.9 Å². The van der Waals surface area contributed by atoms with Gasteiger partial charge in [0.1, 0.15) is 6.54 Å². The van der Waals surface area contributed by atoms with Crippen LogP contribution in [0.5, 0.6) is 0 Å². The van der Waals surface area contributed by atoms with E-state index in [1.54, 1.807) is 30.3 Å². The lowest BCUT2D eigenvalue weighted by molar-refractivity contribution is -0.127. The first-order chi connectivity index (χ1) is 13.5. The van der Waals surface area contributed by atoms with Crippen molar-refractivity contribution in [2.45, 2.75) is 19.9 Å². The van der Waals surface area contributed by atoms with Gasteiger partial charge in [0.15, 0.2) is 5.96 Å². The minimum atomic E-state index is -0.0236. The van der Waals surface area contributed by atoms with E-state index < -0.39 is 0 Å². The maximum atomic E-state index is 11.9. The monoisotopic (exact) mass is 525 g/mol. The number of aromatic nitrogens is 1. The van der Waals surface area contributed by atoms with Crippen LogP contribution in [-0.2, 0) is 17.8 Å². The molecule has 0 saturated carbocycles. The summed E-state index contributed by atoms with van der Waals surface area (Å²) < 4.78 is 0. The number of likely N-dealkylation sites (N-methyl/N-ethyl adjacent to an activating group) is 1. The van der Waals surface area contributed by atoms with Gasteiger partial charge >= 0.3 is 0 Å². The van der Waals surface area contributed by atoms with Gasteiger partial charge in [-0.2, -0.15) is 0 Å². The van der Waals surface area contributed by atoms with Gasteiger partial charge < -0.3 is 20.5 Å². The molecule has 3 N–H and O–H groups in total. The number of amides is 1. The van der Waals surface area contributed by atoms with Crippen molar-refractivity contribution < 1.29 is 4.79 Å². The molecule has 1 aromatic carbocycles. The standard InChI is InChI=1S/C21H27N5OS.HI/c1-15-6-4-8-18-20(15)16(12-23-18)9-10-22-21(25-14-19(27)26(2)3)24-13-17-7-5-11-28-17;/h4-8,11-12,23H,9-10,13-14H2,1-3H3,(H2,22,24,25);1H. The molecule has 0 unspecified atom stereocenters. The Balaban J connectivity index is 0.00000300. The van der Waals surface area contributed by atoms with Crippen LogP contribution in [-0.4, -0.2) is 48.9 Å². The first-order valence-electron chi connectivity index (χ1n) is 9.35. The summed E-state index contributed by atoms with van der Waals surface area (Å²) in [6.07, 6.45) is 2.94. The molecule has 0 aliphatic heterocycles. The number of fused-ring (bicyclic) bond motifs is 1. The third-order valence-corrected chi connectivity index (χ3v) is 5.44. The molecule has 0 atom stereocenters. The summed E-state index contributed by atoms with van der Waals surface area (Å²) in [4.78, 5) is 22.4. The molecule has 0 radical (unpaired) electrons. The van der Waals surface area contributed by atoms with E-state index in [4.69, 9.17) is 0 Å². The second kappa shape index (κ2) is 11.2. The fourth-order valence-corrected chi connectivity index (χ4v) is 3.66. The lowest BCUT2D eigenvalue weighted by atomic mass is 10.1. The molecular formula is C21H28IN5OS. The fourth-order valence-electron chi connectivity index (χ4n) is 3.01. The number of hydrogen-bond acceptors (Lipinski definition) is 3. The Bertz CT molecular complexity index is 949. The predicted octanol–water partition coefficient (Wildman–Crippen LogP) is 3.52. The third kappa shape index (κ3) is 6.46. The van der Waals surface area contributed by atoms with Crippen molar-refractivity contribution >= 4 is 58.1 Å². The summed E-state index contributed by atoms with van der Waals surface area (Å²) in [7, 11) is 3.48. The minimum Gasteiger partial charge on any atom is -0.361 e. The van der Waals surface area contributed by atoms with Crippen molar-refractivity contribution in [1.29, 1.82) is 0 Å². The molecule has 29 heavy (non-hydrogen) atoms. The summed E-state index contributed by atoms with van der Waals surface area (Å²) in [6, 6.07) is 10.4. The molecule has 6 nitrogen and oxygen atoms in total. The van der Waals surface area contributed by atoms with Crippen LogP contribution in [0.2, 0.25) is 0 Å². The van der Waals surface area contributed by atoms with E-state index in [0.29, 0.717) is 12.5 Å². The number of rotatable bonds is 7. The highest BCUT2D eigenvalue weighted by atomic mass is 127. The van der Waals surface area contributed by atoms with E-state index in [2.05, 4.69) is 63.4 Å². The third-order valence-electron chi connectivity index (χ3n) is 4.56. The number of carbonyl (C=O) groups excluding carboxylic acids is 1. The van der Waals surface area contributed by atoms with Crippen molar-refractivity contribution in [3.05, 3.63) is 57.9 Å². The zero-order chi connectivity index (χ0) is 19.9. The molecule has 0 spiro atoms. The van der Waals surface area contributed by atoms with Crippen molar-refractivity contribution in [3.8, 4) is 0 Å². The average molecular weight is 525 g/mol. The van der Waals surface area contributed by atoms with Crippen molar-refractivity contribution in [2.75, 3.05) is 27.2 Å². The molecule has 2 aromatic heterocycles. The predicted molar refractivity (Wildman–Crippen MR) is 132 cm³/mol. The Labute approximate surface area is 192 Å². The first-order valence-corrected chi connectivity index (χ1v) is 10.2. The lowest BCUT2D eigenvalue weighted by Crippen LogP contribution is -2.39. The van der Waals surface area contributed by atoms with Crippen LogP contribution < -0.4 is 10.6 Å². The maximum Gasteiger partial charge on any atom is 0.243 e. The van der Waals surface area contributed by atoms with Gasteiger partial charge in [0, 0.05) is 42.6 Å². The lowest BCUT2D eigenvalue weighted by Gasteiger charge is -2.13. The Morgan fingerprint density at radius 2 is 2.03 bits per heavy atom. The van der Waals surface area contributed by atoms with Gasteiger partial charge in [-0.3, -0.25) is 4.79 Å². The van der Waals surface area contributed by atoms with Crippen LogP contribution in [0.1, 0.15) is 16.0 Å². The molecule has 3 aromatic rings. The van der Waals surface area contributed by atoms with E-state index in [9.17, 15) is 4.79 Å². The fraction of sp³-hybridized carbons (Fsp3) is 0.333. The number of nitrogens with one attached hydrogen (secondary N) is 3. The van der Waals surface area contributed by atoms with Gasteiger partial charge in [-0.05, 0) is 42.0 Å². The largest absolute Gasteiger partial charge is 0.361 e. The van der Waals surface area contributed by atoms with Gasteiger partial charge in [-0.15, -0.1) is 35.3 Å². The normalized spacial score (nSPS) is 11.2. The molecule has 156 valence electrons. The van der Waals surface area contributed by atoms with Gasteiger partial charge in [-0.1, -0.05) is 18.2 Å². The van der Waals surface area contributed by atoms with Gasteiger partial charge in [0.2, 0.25) is 5.91 Å². The van der Waals surface area contributed by atoms with E-state index in [1.165, 1.54) is 21.4 Å². The highest BCUT2D eigenvalue weighted by Crippen LogP contribution is 2.22. The number of aliphatic imine (C=N–C) groups is 1. The molecule has 0 fully saturated rings. The van der Waals surface area contributed by atoms with Crippen molar-refractivity contribution in [2.24, 2.45) is 4.99 Å². The molecule has 0 bridgehead atoms. The van der Waals surface area contributed by atoms with Gasteiger partial charge in [0.25, 0.3) is 0 Å². The Morgan fingerprint density at radius 3 is 2.76 bits per heavy atom. The highest BCUT2D eigenvalue weighted by molar-refractivity contribution is 14.0.